The molecule has 1 atom stereocenters. The van der Waals surface area contributed by atoms with E-state index < -0.39 is 5.91 Å². The van der Waals surface area contributed by atoms with Gasteiger partial charge in [-0.3, -0.25) is 4.79 Å². The Labute approximate surface area is 142 Å². The summed E-state index contributed by atoms with van der Waals surface area (Å²) in [5.74, 6) is 1.45. The summed E-state index contributed by atoms with van der Waals surface area (Å²) in [4.78, 5) is 22.3. The first-order valence-corrected chi connectivity index (χ1v) is 8.68. The standard InChI is InChI=1S/C16H17N5O2S/c1-8-2-3-10-12(4-8)24-16-13(10)15(19-7-20-16)18-6-9-5-11(14(17)22)21-23-9/h5,7-8H,2-4,6H2,1H3,(H2,17,22)(H,18,19,20). The van der Waals surface area contributed by atoms with Gasteiger partial charge in [-0.15, -0.1) is 11.3 Å². The van der Waals surface area contributed by atoms with Gasteiger partial charge < -0.3 is 15.6 Å². The zero-order chi connectivity index (χ0) is 16.7. The van der Waals surface area contributed by atoms with Gasteiger partial charge in [0.2, 0.25) is 0 Å². The molecule has 0 saturated carbocycles. The van der Waals surface area contributed by atoms with Crippen LogP contribution in [0, 0.1) is 5.92 Å². The summed E-state index contributed by atoms with van der Waals surface area (Å²) in [5.41, 5.74) is 6.67. The maximum absolute atomic E-state index is 11.1. The van der Waals surface area contributed by atoms with Crippen molar-refractivity contribution in [2.24, 2.45) is 11.7 Å². The normalized spacial score (nSPS) is 17.0. The summed E-state index contributed by atoms with van der Waals surface area (Å²) in [6.45, 7) is 2.67. The van der Waals surface area contributed by atoms with Crippen LogP contribution < -0.4 is 11.1 Å². The highest BCUT2D eigenvalue weighted by Gasteiger charge is 2.23. The maximum atomic E-state index is 11.1. The highest BCUT2D eigenvalue weighted by Crippen LogP contribution is 2.39. The van der Waals surface area contributed by atoms with Gasteiger partial charge in [0.05, 0.1) is 11.9 Å². The van der Waals surface area contributed by atoms with Crippen LogP contribution in [0.3, 0.4) is 0 Å². The fourth-order valence-corrected chi connectivity index (χ4v) is 4.44. The number of nitrogens with zero attached hydrogens (tertiary/aromatic N) is 3. The van der Waals surface area contributed by atoms with E-state index in [1.54, 1.807) is 23.7 Å². The fraction of sp³-hybridized carbons (Fsp3) is 0.375. The number of fused-ring (bicyclic) bond motifs is 3. The lowest BCUT2D eigenvalue weighted by atomic mass is 9.89. The van der Waals surface area contributed by atoms with E-state index in [4.69, 9.17) is 10.3 Å². The lowest BCUT2D eigenvalue weighted by molar-refractivity contribution is 0.0991. The number of aryl methyl sites for hydroxylation is 1. The van der Waals surface area contributed by atoms with Crippen molar-refractivity contribution in [1.82, 2.24) is 15.1 Å². The Morgan fingerprint density at radius 3 is 3.17 bits per heavy atom. The number of rotatable bonds is 4. The van der Waals surface area contributed by atoms with Crippen LogP contribution in [0.4, 0.5) is 5.82 Å². The lowest BCUT2D eigenvalue weighted by Gasteiger charge is -2.18. The molecule has 4 rings (SSSR count). The molecule has 1 aliphatic carbocycles. The molecular formula is C16H17N5O2S. The number of anilines is 1. The minimum Gasteiger partial charge on any atom is -0.364 e. The van der Waals surface area contributed by atoms with Crippen LogP contribution in [-0.2, 0) is 19.4 Å². The first-order chi connectivity index (χ1) is 11.6. The molecule has 0 bridgehead atoms. The summed E-state index contributed by atoms with van der Waals surface area (Å²) < 4.78 is 5.11. The second kappa shape index (κ2) is 5.86. The number of nitrogens with two attached hydrogens (primary N) is 1. The molecular weight excluding hydrogens is 326 g/mol. The number of aromatic nitrogens is 3. The van der Waals surface area contributed by atoms with Crippen LogP contribution in [0.2, 0.25) is 0 Å². The molecule has 0 aliphatic heterocycles. The van der Waals surface area contributed by atoms with E-state index in [0.717, 1.165) is 34.8 Å². The van der Waals surface area contributed by atoms with Crippen molar-refractivity contribution in [3.05, 3.63) is 34.3 Å². The van der Waals surface area contributed by atoms with Gasteiger partial charge in [-0.2, -0.15) is 0 Å². The van der Waals surface area contributed by atoms with Crippen LogP contribution >= 0.6 is 11.3 Å². The number of carbonyl (C=O) groups is 1. The van der Waals surface area contributed by atoms with Crippen molar-refractivity contribution in [2.75, 3.05) is 5.32 Å². The van der Waals surface area contributed by atoms with Gasteiger partial charge in [0.15, 0.2) is 11.5 Å². The molecule has 7 nitrogen and oxygen atoms in total. The minimum absolute atomic E-state index is 0.126. The Hall–Kier alpha value is -2.48. The average Bonchev–Trinajstić information content (AvgIpc) is 3.16. The Kier molecular flexibility index (Phi) is 3.68. The largest absolute Gasteiger partial charge is 0.364 e. The van der Waals surface area contributed by atoms with Crippen molar-refractivity contribution < 1.29 is 9.32 Å². The third-order valence-electron chi connectivity index (χ3n) is 4.33. The summed E-state index contributed by atoms with van der Waals surface area (Å²) in [6.07, 6.45) is 4.94. The predicted octanol–water partition coefficient (Wildman–Crippen LogP) is 2.52. The summed E-state index contributed by atoms with van der Waals surface area (Å²) in [5, 5.41) is 8.02. The summed E-state index contributed by atoms with van der Waals surface area (Å²) in [7, 11) is 0. The number of nitrogens with one attached hydrogen (secondary N) is 1. The Morgan fingerprint density at radius 2 is 2.38 bits per heavy atom. The second-order valence-electron chi connectivity index (χ2n) is 6.15. The molecule has 1 amide bonds. The zero-order valence-electron chi connectivity index (χ0n) is 13.2. The smallest absolute Gasteiger partial charge is 0.270 e. The summed E-state index contributed by atoms with van der Waals surface area (Å²) in [6, 6.07) is 1.54. The van der Waals surface area contributed by atoms with Gasteiger partial charge in [0.25, 0.3) is 5.91 Å². The van der Waals surface area contributed by atoms with Crippen molar-refractivity contribution >= 4 is 33.3 Å². The minimum atomic E-state index is -0.601. The van der Waals surface area contributed by atoms with Gasteiger partial charge in [-0.25, -0.2) is 9.97 Å². The van der Waals surface area contributed by atoms with E-state index in [2.05, 4.69) is 27.4 Å². The molecule has 3 aromatic heterocycles. The molecule has 1 aliphatic rings. The van der Waals surface area contributed by atoms with Crippen LogP contribution in [0.5, 0.6) is 0 Å². The van der Waals surface area contributed by atoms with Crippen LogP contribution in [-0.4, -0.2) is 21.0 Å². The van der Waals surface area contributed by atoms with E-state index in [9.17, 15) is 4.79 Å². The lowest BCUT2D eigenvalue weighted by Crippen LogP contribution is -2.11. The van der Waals surface area contributed by atoms with Gasteiger partial charge in [0.1, 0.15) is 17.0 Å². The second-order valence-corrected chi connectivity index (χ2v) is 7.23. The third kappa shape index (κ3) is 2.62. The van der Waals surface area contributed by atoms with E-state index in [1.165, 1.54) is 16.9 Å². The van der Waals surface area contributed by atoms with Crippen molar-refractivity contribution in [3.63, 3.8) is 0 Å². The average molecular weight is 343 g/mol. The van der Waals surface area contributed by atoms with E-state index in [-0.39, 0.29) is 5.69 Å². The van der Waals surface area contributed by atoms with Crippen LogP contribution in [0.15, 0.2) is 16.9 Å². The topological polar surface area (TPSA) is 107 Å². The van der Waals surface area contributed by atoms with E-state index >= 15 is 0 Å². The number of carbonyl (C=O) groups excluding carboxylic acids is 1. The monoisotopic (exact) mass is 343 g/mol. The van der Waals surface area contributed by atoms with Crippen LogP contribution in [0.1, 0.15) is 40.0 Å². The number of hydrogen-bond donors (Lipinski definition) is 2. The van der Waals surface area contributed by atoms with Gasteiger partial charge in [0, 0.05) is 10.9 Å². The Bertz CT molecular complexity index is 916. The number of primary amides is 1. The molecule has 0 fully saturated rings. The molecule has 3 heterocycles. The molecule has 3 aromatic rings. The molecule has 0 aromatic carbocycles. The van der Waals surface area contributed by atoms with E-state index in [1.807, 2.05) is 0 Å². The maximum Gasteiger partial charge on any atom is 0.270 e. The Balaban J connectivity index is 1.63. The van der Waals surface area contributed by atoms with Crippen molar-refractivity contribution in [3.8, 4) is 0 Å². The highest BCUT2D eigenvalue weighted by atomic mass is 32.1. The fourth-order valence-electron chi connectivity index (χ4n) is 3.09. The highest BCUT2D eigenvalue weighted by molar-refractivity contribution is 7.19. The molecule has 1 unspecified atom stereocenters. The van der Waals surface area contributed by atoms with E-state index in [0.29, 0.717) is 12.3 Å². The summed E-state index contributed by atoms with van der Waals surface area (Å²) >= 11 is 1.76. The number of hydrogen-bond acceptors (Lipinski definition) is 7. The number of amides is 1. The molecule has 0 spiro atoms. The van der Waals surface area contributed by atoms with Crippen molar-refractivity contribution in [1.29, 1.82) is 0 Å². The quantitative estimate of drug-likeness (QED) is 0.754. The molecule has 24 heavy (non-hydrogen) atoms. The SMILES string of the molecule is CC1CCc2c(sc3ncnc(NCc4cc(C(N)=O)no4)c23)C1. The first-order valence-electron chi connectivity index (χ1n) is 7.86. The Morgan fingerprint density at radius 1 is 1.50 bits per heavy atom. The van der Waals surface area contributed by atoms with Gasteiger partial charge in [-0.1, -0.05) is 12.1 Å². The van der Waals surface area contributed by atoms with Crippen molar-refractivity contribution in [2.45, 2.75) is 32.7 Å². The molecule has 0 radical (unpaired) electrons. The molecule has 3 N–H and O–H groups in total. The molecule has 8 heteroatoms. The third-order valence-corrected chi connectivity index (χ3v) is 5.50. The molecule has 124 valence electrons. The number of thiophene rings is 1. The van der Waals surface area contributed by atoms with Gasteiger partial charge in [-0.05, 0) is 30.7 Å². The predicted molar refractivity (Wildman–Crippen MR) is 91.0 cm³/mol. The molecule has 0 saturated heterocycles. The van der Waals surface area contributed by atoms with Crippen LogP contribution in [0.25, 0.3) is 10.2 Å². The zero-order valence-corrected chi connectivity index (χ0v) is 14.0. The van der Waals surface area contributed by atoms with Gasteiger partial charge >= 0.3 is 0 Å². The first kappa shape index (κ1) is 15.1.